The van der Waals surface area contributed by atoms with E-state index >= 15 is 0 Å². The minimum absolute atomic E-state index is 0.0901. The average molecular weight is 466 g/mol. The first-order valence-corrected chi connectivity index (χ1v) is 10.3. The normalized spacial score (nSPS) is 11.5. The number of carbonyl (C=O) groups is 1. The molecule has 2 aromatic heterocycles. The summed E-state index contributed by atoms with van der Waals surface area (Å²) in [5.41, 5.74) is 7.69. The number of carbonyl (C=O) groups excluding carboxylic acids is 1. The molecule has 32 heavy (non-hydrogen) atoms. The zero-order chi connectivity index (χ0) is 23.2. The SMILES string of the molecule is CC(C)(O)C(=O)c1oc2nc(-c3ccc(C#N)cc3Cl)c(-c3ccc(Cl)cc3)cc2c1N. The third-order valence-electron chi connectivity index (χ3n) is 4.99. The van der Waals surface area contributed by atoms with E-state index in [2.05, 4.69) is 11.1 Å². The van der Waals surface area contributed by atoms with Crippen LogP contribution in [0, 0.1) is 11.3 Å². The van der Waals surface area contributed by atoms with Gasteiger partial charge in [-0.1, -0.05) is 35.3 Å². The highest BCUT2D eigenvalue weighted by molar-refractivity contribution is 6.33. The summed E-state index contributed by atoms with van der Waals surface area (Å²) in [4.78, 5) is 17.2. The molecule has 0 aliphatic rings. The molecule has 0 bridgehead atoms. The number of fused-ring (bicyclic) bond motifs is 1. The average Bonchev–Trinajstić information content (AvgIpc) is 3.07. The van der Waals surface area contributed by atoms with Crippen molar-refractivity contribution in [2.24, 2.45) is 0 Å². The first kappa shape index (κ1) is 21.8. The van der Waals surface area contributed by atoms with Gasteiger partial charge in [-0.25, -0.2) is 4.98 Å². The van der Waals surface area contributed by atoms with Crippen molar-refractivity contribution in [2.45, 2.75) is 19.4 Å². The van der Waals surface area contributed by atoms with Crippen molar-refractivity contribution in [3.63, 3.8) is 0 Å². The molecular weight excluding hydrogens is 449 g/mol. The third kappa shape index (κ3) is 3.82. The summed E-state index contributed by atoms with van der Waals surface area (Å²) in [5, 5.41) is 20.6. The maximum Gasteiger partial charge on any atom is 0.231 e. The van der Waals surface area contributed by atoms with Gasteiger partial charge in [0.2, 0.25) is 11.5 Å². The smallest absolute Gasteiger partial charge is 0.231 e. The molecule has 8 heteroatoms. The van der Waals surface area contributed by atoms with Gasteiger partial charge in [0.05, 0.1) is 33.4 Å². The van der Waals surface area contributed by atoms with E-state index in [1.165, 1.54) is 13.8 Å². The number of benzene rings is 2. The number of ketones is 1. The fourth-order valence-corrected chi connectivity index (χ4v) is 3.72. The Labute approximate surface area is 193 Å². The van der Waals surface area contributed by atoms with Gasteiger partial charge in [-0.05, 0) is 55.8 Å². The Kier molecular flexibility index (Phi) is 5.43. The Morgan fingerprint density at radius 2 is 1.81 bits per heavy atom. The van der Waals surface area contributed by atoms with Crippen molar-refractivity contribution >= 4 is 45.8 Å². The summed E-state index contributed by atoms with van der Waals surface area (Å²) in [5.74, 6) is -0.816. The molecule has 2 heterocycles. The minimum Gasteiger partial charge on any atom is -0.432 e. The first-order chi connectivity index (χ1) is 15.1. The van der Waals surface area contributed by atoms with Crippen LogP contribution in [-0.4, -0.2) is 21.5 Å². The molecule has 0 saturated heterocycles. The van der Waals surface area contributed by atoms with Crippen LogP contribution >= 0.6 is 23.2 Å². The van der Waals surface area contributed by atoms with E-state index < -0.39 is 11.4 Å². The van der Waals surface area contributed by atoms with Gasteiger partial charge in [-0.15, -0.1) is 0 Å². The molecule has 0 fully saturated rings. The van der Waals surface area contributed by atoms with Crippen LogP contribution in [0.15, 0.2) is 52.9 Å². The van der Waals surface area contributed by atoms with E-state index in [0.29, 0.717) is 37.8 Å². The Morgan fingerprint density at radius 3 is 2.41 bits per heavy atom. The number of rotatable bonds is 4. The summed E-state index contributed by atoms with van der Waals surface area (Å²) in [7, 11) is 0. The number of nitriles is 1. The van der Waals surface area contributed by atoms with Gasteiger partial charge in [0.1, 0.15) is 5.60 Å². The lowest BCUT2D eigenvalue weighted by Gasteiger charge is -2.13. The summed E-state index contributed by atoms with van der Waals surface area (Å²) in [6.07, 6.45) is 0. The summed E-state index contributed by atoms with van der Waals surface area (Å²) < 4.78 is 5.68. The van der Waals surface area contributed by atoms with Crippen molar-refractivity contribution in [3.05, 3.63) is 69.9 Å². The van der Waals surface area contributed by atoms with Gasteiger partial charge in [-0.3, -0.25) is 4.79 Å². The van der Waals surface area contributed by atoms with Gasteiger partial charge < -0.3 is 15.3 Å². The maximum absolute atomic E-state index is 12.6. The highest BCUT2D eigenvalue weighted by atomic mass is 35.5. The van der Waals surface area contributed by atoms with Crippen LogP contribution in [0.4, 0.5) is 5.69 Å². The molecule has 4 aromatic rings. The second-order valence-electron chi connectivity index (χ2n) is 7.78. The molecule has 0 unspecified atom stereocenters. The Balaban J connectivity index is 2.03. The molecule has 0 amide bonds. The first-order valence-electron chi connectivity index (χ1n) is 9.56. The number of aromatic nitrogens is 1. The number of nitrogens with zero attached hydrogens (tertiary/aromatic N) is 2. The molecule has 3 N–H and O–H groups in total. The lowest BCUT2D eigenvalue weighted by Crippen LogP contribution is -2.31. The quantitative estimate of drug-likeness (QED) is 0.364. The van der Waals surface area contributed by atoms with E-state index in [1.54, 1.807) is 36.4 Å². The third-order valence-corrected chi connectivity index (χ3v) is 5.56. The number of hydrogen-bond acceptors (Lipinski definition) is 6. The van der Waals surface area contributed by atoms with Crippen molar-refractivity contribution in [1.82, 2.24) is 4.98 Å². The summed E-state index contributed by atoms with van der Waals surface area (Å²) in [6, 6.07) is 15.8. The van der Waals surface area contributed by atoms with Crippen LogP contribution < -0.4 is 5.73 Å². The molecule has 4 rings (SSSR count). The van der Waals surface area contributed by atoms with Crippen LogP contribution in [-0.2, 0) is 0 Å². The van der Waals surface area contributed by atoms with E-state index in [9.17, 15) is 9.90 Å². The number of nitrogens with two attached hydrogens (primary N) is 1. The fraction of sp³-hybridized carbons (Fsp3) is 0.125. The summed E-state index contributed by atoms with van der Waals surface area (Å²) >= 11 is 12.5. The topological polar surface area (TPSA) is 113 Å². The number of furan rings is 1. The van der Waals surface area contributed by atoms with E-state index in [0.717, 1.165) is 5.56 Å². The molecule has 0 spiro atoms. The highest BCUT2D eigenvalue weighted by Gasteiger charge is 2.32. The lowest BCUT2D eigenvalue weighted by atomic mass is 9.97. The standard InChI is InChI=1S/C24H17Cl2N3O3/c1-24(2,31)22(30)21-19(28)17-10-16(13-4-6-14(25)7-5-13)20(29-23(17)32-21)15-8-3-12(11-27)9-18(15)26/h3-10,31H,28H2,1-2H3. The predicted molar refractivity (Wildman–Crippen MR) is 125 cm³/mol. The number of aliphatic hydroxyl groups is 1. The van der Waals surface area contributed by atoms with Gasteiger partial charge in [0.15, 0.2) is 5.76 Å². The van der Waals surface area contributed by atoms with Crippen LogP contribution in [0.25, 0.3) is 33.5 Å². The van der Waals surface area contributed by atoms with Gasteiger partial charge in [-0.2, -0.15) is 5.26 Å². The zero-order valence-electron chi connectivity index (χ0n) is 17.1. The van der Waals surface area contributed by atoms with Gasteiger partial charge in [0.25, 0.3) is 0 Å². The molecule has 0 aliphatic heterocycles. The Bertz CT molecular complexity index is 1410. The van der Waals surface area contributed by atoms with Crippen LogP contribution in [0.5, 0.6) is 0 Å². The molecule has 0 radical (unpaired) electrons. The molecular formula is C24H17Cl2N3O3. The number of anilines is 1. The van der Waals surface area contributed by atoms with Crippen molar-refractivity contribution in [2.75, 3.05) is 5.73 Å². The molecule has 0 saturated carbocycles. The number of Topliss-reactive ketones (excluding diaryl/α,β-unsaturated/α-hetero) is 1. The molecule has 0 atom stereocenters. The van der Waals surface area contributed by atoms with E-state index in [4.69, 9.17) is 38.6 Å². The van der Waals surface area contributed by atoms with Gasteiger partial charge in [0, 0.05) is 16.1 Å². The van der Waals surface area contributed by atoms with Crippen LogP contribution in [0.3, 0.4) is 0 Å². The number of pyridine rings is 1. The predicted octanol–water partition coefficient (Wildman–Crippen LogP) is 5.88. The Hall–Kier alpha value is -3.37. The molecule has 160 valence electrons. The molecule has 6 nitrogen and oxygen atoms in total. The fourth-order valence-electron chi connectivity index (χ4n) is 3.32. The Morgan fingerprint density at radius 1 is 1.12 bits per heavy atom. The number of halogens is 2. The van der Waals surface area contributed by atoms with E-state index in [-0.39, 0.29) is 17.2 Å². The van der Waals surface area contributed by atoms with E-state index in [1.807, 2.05) is 12.1 Å². The number of hydrogen-bond donors (Lipinski definition) is 2. The number of nitrogen functional groups attached to an aromatic ring is 1. The van der Waals surface area contributed by atoms with Crippen molar-refractivity contribution in [1.29, 1.82) is 5.26 Å². The van der Waals surface area contributed by atoms with Crippen LogP contribution in [0.1, 0.15) is 30.0 Å². The summed E-state index contributed by atoms with van der Waals surface area (Å²) in [6.45, 7) is 2.72. The second-order valence-corrected chi connectivity index (χ2v) is 8.63. The zero-order valence-corrected chi connectivity index (χ0v) is 18.6. The maximum atomic E-state index is 12.6. The minimum atomic E-state index is -1.67. The second kappa shape index (κ2) is 7.95. The van der Waals surface area contributed by atoms with Gasteiger partial charge >= 0.3 is 0 Å². The largest absolute Gasteiger partial charge is 0.432 e. The molecule has 0 aliphatic carbocycles. The van der Waals surface area contributed by atoms with Crippen molar-refractivity contribution in [3.8, 4) is 28.5 Å². The lowest BCUT2D eigenvalue weighted by molar-refractivity contribution is 0.0462. The highest BCUT2D eigenvalue weighted by Crippen LogP contribution is 2.40. The van der Waals surface area contributed by atoms with Crippen LogP contribution in [0.2, 0.25) is 10.0 Å². The van der Waals surface area contributed by atoms with Crippen molar-refractivity contribution < 1.29 is 14.3 Å². The monoisotopic (exact) mass is 465 g/mol. The molecule has 2 aromatic carbocycles.